The van der Waals surface area contributed by atoms with Crippen LogP contribution in [0.5, 0.6) is 0 Å². The number of alkyl carbamates (subject to hydrolysis) is 1. The molecule has 3 rings (SSSR count). The van der Waals surface area contributed by atoms with Gasteiger partial charge in [-0.2, -0.15) is 0 Å². The zero-order valence-electron chi connectivity index (χ0n) is 14.4. The third kappa shape index (κ3) is 4.69. The molecule has 6 nitrogen and oxygen atoms in total. The molecule has 0 radical (unpaired) electrons. The number of carbonyl (C=O) groups excluding carboxylic acids is 1. The van der Waals surface area contributed by atoms with Gasteiger partial charge < -0.3 is 24.3 Å². The first kappa shape index (κ1) is 17.2. The molecule has 132 valence electrons. The van der Waals surface area contributed by atoms with Crippen LogP contribution in [0.4, 0.5) is 4.79 Å². The normalized spacial score (nSPS) is 26.5. The number of fused-ring (bicyclic) bond motifs is 1. The number of benzene rings is 1. The highest BCUT2D eigenvalue weighted by molar-refractivity contribution is 5.67. The first-order valence-corrected chi connectivity index (χ1v) is 8.32. The Morgan fingerprint density at radius 3 is 2.67 bits per heavy atom. The zero-order valence-corrected chi connectivity index (χ0v) is 14.4. The van der Waals surface area contributed by atoms with Crippen LogP contribution in [0.3, 0.4) is 0 Å². The third-order valence-electron chi connectivity index (χ3n) is 3.93. The molecule has 1 aromatic carbocycles. The molecule has 0 saturated carbocycles. The summed E-state index contributed by atoms with van der Waals surface area (Å²) in [6.45, 7) is 7.10. The fraction of sp³-hybridized carbons (Fsp3) is 0.611. The maximum atomic E-state index is 11.9. The largest absolute Gasteiger partial charge is 0.445 e. The van der Waals surface area contributed by atoms with Crippen LogP contribution in [0.2, 0.25) is 0 Å². The van der Waals surface area contributed by atoms with Crippen molar-refractivity contribution in [3.8, 4) is 0 Å². The summed E-state index contributed by atoms with van der Waals surface area (Å²) in [5, 5.41) is 2.77. The van der Waals surface area contributed by atoms with Crippen LogP contribution < -0.4 is 5.32 Å². The molecule has 2 saturated heterocycles. The lowest BCUT2D eigenvalue weighted by Gasteiger charge is -2.31. The van der Waals surface area contributed by atoms with Crippen LogP contribution in [0, 0.1) is 0 Å². The highest BCUT2D eigenvalue weighted by atomic mass is 16.7. The summed E-state index contributed by atoms with van der Waals surface area (Å²) in [4.78, 5) is 11.9. The number of hydrogen-bond donors (Lipinski definition) is 1. The quantitative estimate of drug-likeness (QED) is 0.808. The van der Waals surface area contributed by atoms with Crippen molar-refractivity contribution in [1.29, 1.82) is 0 Å². The Morgan fingerprint density at radius 2 is 2.08 bits per heavy atom. The van der Waals surface area contributed by atoms with Crippen LogP contribution >= 0.6 is 0 Å². The Morgan fingerprint density at radius 1 is 1.33 bits per heavy atom. The molecule has 6 heteroatoms. The highest BCUT2D eigenvalue weighted by Gasteiger charge is 2.55. The van der Waals surface area contributed by atoms with Gasteiger partial charge in [-0.3, -0.25) is 0 Å². The Kier molecular flexibility index (Phi) is 5.08. The summed E-state index contributed by atoms with van der Waals surface area (Å²) < 4.78 is 22.6. The van der Waals surface area contributed by atoms with Gasteiger partial charge in [0.05, 0.1) is 12.2 Å². The molecule has 1 N–H and O–H groups in total. The molecule has 0 aliphatic carbocycles. The monoisotopic (exact) mass is 335 g/mol. The van der Waals surface area contributed by atoms with Crippen molar-refractivity contribution in [1.82, 2.24) is 5.32 Å². The van der Waals surface area contributed by atoms with E-state index < -0.39 is 6.09 Å². The van der Waals surface area contributed by atoms with Gasteiger partial charge in [0.2, 0.25) is 0 Å². The number of amides is 1. The summed E-state index contributed by atoms with van der Waals surface area (Å²) in [6, 6.07) is 9.57. The molecule has 0 aromatic heterocycles. The number of hydrogen-bond acceptors (Lipinski definition) is 5. The topological polar surface area (TPSA) is 69.3 Å². The van der Waals surface area contributed by atoms with E-state index in [0.717, 1.165) is 5.56 Å². The summed E-state index contributed by atoms with van der Waals surface area (Å²) >= 11 is 0. The van der Waals surface area contributed by atoms with Crippen molar-refractivity contribution in [2.45, 2.75) is 57.4 Å². The molecule has 1 amide bonds. The van der Waals surface area contributed by atoms with Gasteiger partial charge in [0.25, 0.3) is 0 Å². The predicted octanol–water partition coefficient (Wildman–Crippen LogP) is 2.26. The molecule has 0 spiro atoms. The number of rotatable bonds is 6. The first-order valence-electron chi connectivity index (χ1n) is 8.32. The Balaban J connectivity index is 1.48. The van der Waals surface area contributed by atoms with Crippen molar-refractivity contribution < 1.29 is 23.7 Å². The van der Waals surface area contributed by atoms with Crippen molar-refractivity contribution in [2.75, 3.05) is 13.2 Å². The minimum Gasteiger partial charge on any atom is -0.445 e. The van der Waals surface area contributed by atoms with Gasteiger partial charge in [-0.25, -0.2) is 4.79 Å². The van der Waals surface area contributed by atoms with Crippen LogP contribution in [0.1, 0.15) is 26.3 Å². The van der Waals surface area contributed by atoms with Gasteiger partial charge in [0, 0.05) is 6.54 Å². The minimum atomic E-state index is -0.465. The van der Waals surface area contributed by atoms with Crippen LogP contribution in [-0.4, -0.2) is 49.3 Å². The van der Waals surface area contributed by atoms with Crippen molar-refractivity contribution in [2.24, 2.45) is 0 Å². The van der Waals surface area contributed by atoms with Gasteiger partial charge in [-0.1, -0.05) is 30.3 Å². The summed E-state index contributed by atoms with van der Waals surface area (Å²) in [6.07, 6.45) is -0.617. The van der Waals surface area contributed by atoms with E-state index >= 15 is 0 Å². The van der Waals surface area contributed by atoms with E-state index in [1.54, 1.807) is 0 Å². The number of carbonyl (C=O) groups is 1. The lowest BCUT2D eigenvalue weighted by Crippen LogP contribution is -2.46. The highest BCUT2D eigenvalue weighted by Crippen LogP contribution is 2.37. The number of ether oxygens (including phenoxy) is 4. The van der Waals surface area contributed by atoms with Gasteiger partial charge in [0.1, 0.15) is 31.0 Å². The van der Waals surface area contributed by atoms with E-state index in [2.05, 4.69) is 5.32 Å². The van der Waals surface area contributed by atoms with Crippen LogP contribution in [0.25, 0.3) is 0 Å². The predicted molar refractivity (Wildman–Crippen MR) is 87.7 cm³/mol. The molecular formula is C18H25NO5. The lowest BCUT2D eigenvalue weighted by molar-refractivity contribution is -0.129. The standard InChI is InChI=1S/C18H25NO5/c1-18(2,3)24-13(15-16-14(23-16)11-21-15)9-19-17(20)22-10-12-7-5-4-6-8-12/h4-8,13-16H,9-11H2,1-3H3,(H,19,20)/t13-,14+,15-,16+/m1/s1. The molecule has 0 bridgehead atoms. The van der Waals surface area contributed by atoms with Gasteiger partial charge in [-0.15, -0.1) is 0 Å². The fourth-order valence-corrected chi connectivity index (χ4v) is 2.84. The molecule has 0 unspecified atom stereocenters. The SMILES string of the molecule is CC(C)(C)O[C@H](CNC(=O)OCc1ccccc1)[C@H]1OC[C@@H]2O[C@H]12. The van der Waals surface area contributed by atoms with Crippen molar-refractivity contribution in [3.05, 3.63) is 35.9 Å². The molecule has 2 aliphatic heterocycles. The Hall–Kier alpha value is -1.63. The maximum Gasteiger partial charge on any atom is 0.407 e. The molecule has 2 fully saturated rings. The molecule has 2 heterocycles. The van der Waals surface area contributed by atoms with Gasteiger partial charge >= 0.3 is 6.09 Å². The van der Waals surface area contributed by atoms with E-state index in [4.69, 9.17) is 18.9 Å². The summed E-state index contributed by atoms with van der Waals surface area (Å²) in [7, 11) is 0. The second kappa shape index (κ2) is 7.09. The Bertz CT molecular complexity index is 556. The fourth-order valence-electron chi connectivity index (χ4n) is 2.84. The third-order valence-corrected chi connectivity index (χ3v) is 3.93. The molecule has 24 heavy (non-hydrogen) atoms. The average molecular weight is 335 g/mol. The molecule has 1 aromatic rings. The van der Waals surface area contributed by atoms with Gasteiger partial charge in [-0.05, 0) is 26.3 Å². The van der Waals surface area contributed by atoms with E-state index in [9.17, 15) is 4.79 Å². The molecular weight excluding hydrogens is 310 g/mol. The van der Waals surface area contributed by atoms with E-state index in [1.807, 2.05) is 51.1 Å². The first-order chi connectivity index (χ1) is 11.4. The lowest BCUT2D eigenvalue weighted by atomic mass is 10.1. The molecule has 4 atom stereocenters. The van der Waals surface area contributed by atoms with Gasteiger partial charge in [0.15, 0.2) is 0 Å². The summed E-state index contributed by atoms with van der Waals surface area (Å²) in [5.41, 5.74) is 0.611. The number of epoxide rings is 1. The van der Waals surface area contributed by atoms with Crippen molar-refractivity contribution in [3.63, 3.8) is 0 Å². The smallest absolute Gasteiger partial charge is 0.407 e. The zero-order chi connectivity index (χ0) is 17.2. The van der Waals surface area contributed by atoms with Crippen LogP contribution in [-0.2, 0) is 25.6 Å². The second-order valence-corrected chi connectivity index (χ2v) is 7.15. The van der Waals surface area contributed by atoms with E-state index in [-0.39, 0.29) is 36.6 Å². The minimum absolute atomic E-state index is 0.0829. The number of nitrogens with one attached hydrogen (secondary N) is 1. The average Bonchev–Trinajstić information content (AvgIpc) is 3.20. The van der Waals surface area contributed by atoms with Crippen molar-refractivity contribution >= 4 is 6.09 Å². The molecule has 2 aliphatic rings. The van der Waals surface area contributed by atoms with E-state index in [0.29, 0.717) is 13.2 Å². The summed E-state index contributed by atoms with van der Waals surface area (Å²) in [5.74, 6) is 0. The second-order valence-electron chi connectivity index (χ2n) is 7.15. The Labute approximate surface area is 142 Å². The maximum absolute atomic E-state index is 11.9. The van der Waals surface area contributed by atoms with Crippen LogP contribution in [0.15, 0.2) is 30.3 Å². The van der Waals surface area contributed by atoms with E-state index in [1.165, 1.54) is 0 Å².